The largest absolute Gasteiger partial charge is 0.356 e. The maximum absolute atomic E-state index is 12.5. The number of benzene rings is 1. The topological polar surface area (TPSA) is 48.5 Å². The Morgan fingerprint density at radius 3 is 2.46 bits per heavy atom. The minimum Gasteiger partial charge on any atom is -0.356 e. The van der Waals surface area contributed by atoms with Gasteiger partial charge in [0.1, 0.15) is 5.82 Å². The molecule has 0 aliphatic carbocycles. The standard InChI is InChI=1S/C21H28N4O/c1-3-17-7-9-18(10-8-17)16-24(2)21(26)23-19-11-14-25(15-12-19)20-6-4-5-13-22-20/h4-10,13,19H,3,11-12,14-16H2,1-2H3,(H,23,26). The molecule has 1 fully saturated rings. The van der Waals surface area contributed by atoms with Gasteiger partial charge in [0.2, 0.25) is 0 Å². The molecule has 0 atom stereocenters. The van der Waals surface area contributed by atoms with Crippen molar-refractivity contribution in [2.24, 2.45) is 0 Å². The predicted octanol–water partition coefficient (Wildman–Crippen LogP) is 3.45. The second-order valence-corrected chi connectivity index (χ2v) is 6.92. The third-order valence-corrected chi connectivity index (χ3v) is 4.99. The van der Waals surface area contributed by atoms with Crippen LogP contribution in [0.15, 0.2) is 48.7 Å². The monoisotopic (exact) mass is 352 g/mol. The lowest BCUT2D eigenvalue weighted by Crippen LogP contribution is -2.48. The highest BCUT2D eigenvalue weighted by Gasteiger charge is 2.22. The lowest BCUT2D eigenvalue weighted by atomic mass is 10.1. The number of pyridine rings is 1. The van der Waals surface area contributed by atoms with Crippen LogP contribution in [0.25, 0.3) is 0 Å². The first-order chi connectivity index (χ1) is 12.7. The van der Waals surface area contributed by atoms with Gasteiger partial charge in [-0.1, -0.05) is 37.3 Å². The van der Waals surface area contributed by atoms with Gasteiger partial charge in [0.25, 0.3) is 0 Å². The highest BCUT2D eigenvalue weighted by atomic mass is 16.2. The first kappa shape index (κ1) is 18.2. The maximum atomic E-state index is 12.5. The number of carbonyl (C=O) groups excluding carboxylic acids is 1. The molecule has 2 heterocycles. The molecule has 5 nitrogen and oxygen atoms in total. The zero-order chi connectivity index (χ0) is 18.4. The molecule has 0 bridgehead atoms. The Hall–Kier alpha value is -2.56. The number of anilines is 1. The van der Waals surface area contributed by atoms with Gasteiger partial charge in [0.15, 0.2) is 0 Å². The van der Waals surface area contributed by atoms with E-state index in [9.17, 15) is 4.79 Å². The molecule has 1 aromatic carbocycles. The summed E-state index contributed by atoms with van der Waals surface area (Å²) in [6.07, 6.45) is 4.75. The van der Waals surface area contributed by atoms with Gasteiger partial charge in [-0.25, -0.2) is 9.78 Å². The van der Waals surface area contributed by atoms with Crippen molar-refractivity contribution < 1.29 is 4.79 Å². The van der Waals surface area contributed by atoms with Gasteiger partial charge in [0, 0.05) is 38.9 Å². The fourth-order valence-electron chi connectivity index (χ4n) is 3.30. The summed E-state index contributed by atoms with van der Waals surface area (Å²) in [7, 11) is 1.85. The molecule has 1 saturated heterocycles. The summed E-state index contributed by atoms with van der Waals surface area (Å²) in [5.74, 6) is 1.02. The van der Waals surface area contributed by atoms with E-state index in [1.54, 1.807) is 4.90 Å². The highest BCUT2D eigenvalue weighted by molar-refractivity contribution is 5.74. The van der Waals surface area contributed by atoms with E-state index in [1.165, 1.54) is 5.56 Å². The Kier molecular flexibility index (Phi) is 6.10. The van der Waals surface area contributed by atoms with Gasteiger partial charge in [-0.15, -0.1) is 0 Å². The molecule has 2 aromatic rings. The molecular formula is C21H28N4O. The van der Waals surface area contributed by atoms with E-state index < -0.39 is 0 Å². The van der Waals surface area contributed by atoms with Gasteiger partial charge in [-0.3, -0.25) is 0 Å². The van der Waals surface area contributed by atoms with Crippen LogP contribution in [-0.2, 0) is 13.0 Å². The van der Waals surface area contributed by atoms with Crippen LogP contribution in [-0.4, -0.2) is 42.1 Å². The van der Waals surface area contributed by atoms with Crippen LogP contribution in [0.5, 0.6) is 0 Å². The molecule has 0 radical (unpaired) electrons. The number of amides is 2. The molecule has 138 valence electrons. The molecule has 0 saturated carbocycles. The van der Waals surface area contributed by atoms with E-state index in [2.05, 4.69) is 46.4 Å². The number of piperidine rings is 1. The maximum Gasteiger partial charge on any atom is 0.317 e. The minimum atomic E-state index is 0.000791. The van der Waals surface area contributed by atoms with Crippen molar-refractivity contribution in [1.82, 2.24) is 15.2 Å². The third kappa shape index (κ3) is 4.75. The van der Waals surface area contributed by atoms with Crippen molar-refractivity contribution in [2.75, 3.05) is 25.0 Å². The number of rotatable bonds is 5. The van der Waals surface area contributed by atoms with Crippen molar-refractivity contribution in [3.05, 3.63) is 59.8 Å². The summed E-state index contributed by atoms with van der Waals surface area (Å²) >= 11 is 0. The SMILES string of the molecule is CCc1ccc(CN(C)C(=O)NC2CCN(c3ccccn3)CC2)cc1. The number of hydrogen-bond acceptors (Lipinski definition) is 3. The van der Waals surface area contributed by atoms with Crippen molar-refractivity contribution in [1.29, 1.82) is 0 Å². The summed E-state index contributed by atoms with van der Waals surface area (Å²) in [6.45, 7) is 4.62. The Morgan fingerprint density at radius 1 is 1.15 bits per heavy atom. The van der Waals surface area contributed by atoms with Crippen LogP contribution in [0.1, 0.15) is 30.9 Å². The Morgan fingerprint density at radius 2 is 1.85 bits per heavy atom. The molecule has 1 aliphatic heterocycles. The van der Waals surface area contributed by atoms with Crippen LogP contribution < -0.4 is 10.2 Å². The van der Waals surface area contributed by atoms with E-state index in [0.29, 0.717) is 6.54 Å². The quantitative estimate of drug-likeness (QED) is 0.896. The van der Waals surface area contributed by atoms with Crippen molar-refractivity contribution >= 4 is 11.8 Å². The molecule has 0 unspecified atom stereocenters. The van der Waals surface area contributed by atoms with Gasteiger partial charge < -0.3 is 15.1 Å². The molecular weight excluding hydrogens is 324 g/mol. The summed E-state index contributed by atoms with van der Waals surface area (Å²) in [5, 5.41) is 3.17. The lowest BCUT2D eigenvalue weighted by molar-refractivity contribution is 0.200. The normalized spacial score (nSPS) is 14.9. The highest BCUT2D eigenvalue weighted by Crippen LogP contribution is 2.17. The molecule has 1 aliphatic rings. The first-order valence-electron chi connectivity index (χ1n) is 9.41. The second-order valence-electron chi connectivity index (χ2n) is 6.92. The molecule has 5 heteroatoms. The molecule has 3 rings (SSSR count). The van der Waals surface area contributed by atoms with Crippen LogP contribution in [0, 0.1) is 0 Å². The zero-order valence-electron chi connectivity index (χ0n) is 15.7. The lowest BCUT2D eigenvalue weighted by Gasteiger charge is -2.34. The Labute approximate surface area is 156 Å². The molecule has 26 heavy (non-hydrogen) atoms. The van der Waals surface area contributed by atoms with E-state index in [-0.39, 0.29) is 12.1 Å². The van der Waals surface area contributed by atoms with Crippen LogP contribution in [0.4, 0.5) is 10.6 Å². The van der Waals surface area contributed by atoms with Gasteiger partial charge >= 0.3 is 6.03 Å². The summed E-state index contributed by atoms with van der Waals surface area (Å²) in [4.78, 5) is 20.9. The van der Waals surface area contributed by atoms with Gasteiger partial charge in [-0.05, 0) is 42.5 Å². The Balaban J connectivity index is 1.46. The second kappa shape index (κ2) is 8.70. The van der Waals surface area contributed by atoms with E-state index >= 15 is 0 Å². The smallest absolute Gasteiger partial charge is 0.317 e. The number of hydrogen-bond donors (Lipinski definition) is 1. The number of nitrogens with one attached hydrogen (secondary N) is 1. The molecule has 1 aromatic heterocycles. The van der Waals surface area contributed by atoms with Crippen LogP contribution in [0.2, 0.25) is 0 Å². The number of urea groups is 1. The van der Waals surface area contributed by atoms with Gasteiger partial charge in [0.05, 0.1) is 0 Å². The summed E-state index contributed by atoms with van der Waals surface area (Å²) < 4.78 is 0. The number of nitrogens with zero attached hydrogens (tertiary/aromatic N) is 3. The number of aryl methyl sites for hydroxylation is 1. The molecule has 1 N–H and O–H groups in total. The van der Waals surface area contributed by atoms with E-state index in [4.69, 9.17) is 0 Å². The zero-order valence-corrected chi connectivity index (χ0v) is 15.7. The summed E-state index contributed by atoms with van der Waals surface area (Å²) in [6, 6.07) is 14.7. The van der Waals surface area contributed by atoms with Crippen LogP contribution in [0.3, 0.4) is 0 Å². The fraction of sp³-hybridized carbons (Fsp3) is 0.429. The number of aromatic nitrogens is 1. The van der Waals surface area contributed by atoms with E-state index in [0.717, 1.165) is 43.7 Å². The molecule has 0 spiro atoms. The third-order valence-electron chi connectivity index (χ3n) is 4.99. The van der Waals surface area contributed by atoms with Crippen LogP contribution >= 0.6 is 0 Å². The first-order valence-corrected chi connectivity index (χ1v) is 9.41. The predicted molar refractivity (Wildman–Crippen MR) is 105 cm³/mol. The number of carbonyl (C=O) groups is 1. The average molecular weight is 352 g/mol. The van der Waals surface area contributed by atoms with Crippen molar-refractivity contribution in [3.8, 4) is 0 Å². The van der Waals surface area contributed by atoms with Crippen molar-refractivity contribution in [2.45, 2.75) is 38.8 Å². The van der Waals surface area contributed by atoms with Gasteiger partial charge in [-0.2, -0.15) is 0 Å². The van der Waals surface area contributed by atoms with E-state index in [1.807, 2.05) is 31.4 Å². The Bertz CT molecular complexity index is 694. The van der Waals surface area contributed by atoms with Crippen molar-refractivity contribution in [3.63, 3.8) is 0 Å². The fourth-order valence-corrected chi connectivity index (χ4v) is 3.30. The minimum absolute atomic E-state index is 0.000791. The summed E-state index contributed by atoms with van der Waals surface area (Å²) in [5.41, 5.74) is 2.48. The molecule has 2 amide bonds. The average Bonchev–Trinajstić information content (AvgIpc) is 2.70.